The summed E-state index contributed by atoms with van der Waals surface area (Å²) in [6, 6.07) is 7.69. The molecule has 3 atom stereocenters. The van der Waals surface area contributed by atoms with Crippen molar-refractivity contribution in [2.75, 3.05) is 18.4 Å². The molecule has 13 heteroatoms. The van der Waals surface area contributed by atoms with Crippen LogP contribution in [0.1, 0.15) is 45.1 Å². The van der Waals surface area contributed by atoms with Crippen LogP contribution in [-0.4, -0.2) is 57.9 Å². The Morgan fingerprint density at radius 3 is 2.73 bits per heavy atom. The summed E-state index contributed by atoms with van der Waals surface area (Å²) in [6.45, 7) is -1.96. The van der Waals surface area contributed by atoms with Gasteiger partial charge in [0.1, 0.15) is 24.2 Å². The highest BCUT2D eigenvalue weighted by atomic mass is 35.5. The summed E-state index contributed by atoms with van der Waals surface area (Å²) in [6.07, 6.45) is -1.38. The molecule has 1 spiro atoms. The van der Waals surface area contributed by atoms with Crippen molar-refractivity contribution in [1.82, 2.24) is 20.2 Å². The third kappa shape index (κ3) is 4.79. The average Bonchev–Trinajstić information content (AvgIpc) is 3.42. The molecule has 212 valence electrons. The number of hydrogen-bond donors (Lipinski definition) is 2. The van der Waals surface area contributed by atoms with Gasteiger partial charge in [0.05, 0.1) is 11.0 Å². The molecule has 2 aliphatic heterocycles. The van der Waals surface area contributed by atoms with Crippen LogP contribution in [0.4, 0.5) is 23.4 Å². The van der Waals surface area contributed by atoms with E-state index in [1.54, 1.807) is 18.3 Å². The van der Waals surface area contributed by atoms with Gasteiger partial charge in [-0.15, -0.1) is 0 Å². The summed E-state index contributed by atoms with van der Waals surface area (Å²) >= 11 is 6.18. The second-order valence-electron chi connectivity index (χ2n) is 10.5. The van der Waals surface area contributed by atoms with Crippen LogP contribution >= 0.6 is 11.6 Å². The van der Waals surface area contributed by atoms with Crippen molar-refractivity contribution in [2.45, 2.75) is 42.8 Å². The van der Waals surface area contributed by atoms with Gasteiger partial charge in [-0.25, -0.2) is 9.37 Å². The molecule has 3 aromatic rings. The predicted octanol–water partition coefficient (Wildman–Crippen LogP) is 3.93. The summed E-state index contributed by atoms with van der Waals surface area (Å²) in [5, 5.41) is 5.33. The third-order valence-electron chi connectivity index (χ3n) is 7.93. The molecule has 0 bridgehead atoms. The van der Waals surface area contributed by atoms with Gasteiger partial charge in [-0.1, -0.05) is 23.7 Å². The van der Waals surface area contributed by atoms with E-state index in [1.807, 2.05) is 6.07 Å². The molecule has 3 aliphatic rings. The predicted molar refractivity (Wildman–Crippen MR) is 139 cm³/mol. The Balaban J connectivity index is 1.25. The highest BCUT2D eigenvalue weighted by Crippen LogP contribution is 2.46. The van der Waals surface area contributed by atoms with E-state index in [0.29, 0.717) is 28.4 Å². The topological polar surface area (TPSA) is 104 Å². The summed E-state index contributed by atoms with van der Waals surface area (Å²) in [5.74, 6) is -3.00. The second-order valence-corrected chi connectivity index (χ2v) is 11.0. The number of aromatic nitrogens is 2. The number of benzene rings is 1. The number of carbonyl (C=O) groups excluding carboxylic acids is 3. The smallest absolute Gasteiger partial charge is 0.340 e. The molecule has 1 aromatic carbocycles. The van der Waals surface area contributed by atoms with Crippen molar-refractivity contribution in [2.24, 2.45) is 0 Å². The number of alkyl halides is 3. The summed E-state index contributed by atoms with van der Waals surface area (Å²) < 4.78 is 54.6. The van der Waals surface area contributed by atoms with E-state index in [4.69, 9.17) is 11.6 Å². The molecule has 3 amide bonds. The Hall–Kier alpha value is -4.06. The Morgan fingerprint density at radius 1 is 1.17 bits per heavy atom. The lowest BCUT2D eigenvalue weighted by Gasteiger charge is -2.38. The van der Waals surface area contributed by atoms with Gasteiger partial charge in [0.15, 0.2) is 0 Å². The van der Waals surface area contributed by atoms with Crippen molar-refractivity contribution in [3.63, 3.8) is 0 Å². The van der Waals surface area contributed by atoms with Crippen molar-refractivity contribution < 1.29 is 31.9 Å². The van der Waals surface area contributed by atoms with E-state index < -0.39 is 54.3 Å². The van der Waals surface area contributed by atoms with Gasteiger partial charge in [-0.05, 0) is 42.7 Å². The number of hydrogen-bond acceptors (Lipinski definition) is 5. The second kappa shape index (κ2) is 9.79. The van der Waals surface area contributed by atoms with Crippen LogP contribution in [0.3, 0.4) is 0 Å². The standard InChI is InChI=1S/C28H22ClF4N5O3/c29-18-4-1-5-19(30)22(18)16-8-20(25(40)38(12-16)13-28(31,32)33)36-24(39)15-7-14-9-27(10-21(14)35-11-15)17-3-2-6-34-23(17)37-26(27)41/h1-7,11,16,20H,8-10,12-13H2,(H,36,39)(H,34,37,41)/t16-,20+,27?/m1/s1. The molecule has 4 heterocycles. The number of anilines is 1. The number of likely N-dealkylation sites (tertiary alicyclic amines) is 1. The quantitative estimate of drug-likeness (QED) is 0.450. The highest BCUT2D eigenvalue weighted by molar-refractivity contribution is 6.31. The van der Waals surface area contributed by atoms with Gasteiger partial charge in [0, 0.05) is 53.1 Å². The normalized spacial score (nSPS) is 23.4. The number of amides is 3. The van der Waals surface area contributed by atoms with E-state index in [9.17, 15) is 31.9 Å². The number of piperidine rings is 1. The first kappa shape index (κ1) is 27.1. The van der Waals surface area contributed by atoms with Crippen LogP contribution in [0, 0.1) is 5.82 Å². The molecule has 1 fully saturated rings. The van der Waals surface area contributed by atoms with Gasteiger partial charge in [0.25, 0.3) is 5.91 Å². The number of pyridine rings is 2. The first-order valence-electron chi connectivity index (χ1n) is 12.8. The van der Waals surface area contributed by atoms with Crippen LogP contribution < -0.4 is 10.6 Å². The minimum Gasteiger partial charge on any atom is -0.340 e. The number of carbonyl (C=O) groups is 3. The molecule has 0 radical (unpaired) electrons. The van der Waals surface area contributed by atoms with E-state index >= 15 is 0 Å². The van der Waals surface area contributed by atoms with Gasteiger partial charge < -0.3 is 15.5 Å². The zero-order valence-corrected chi connectivity index (χ0v) is 22.0. The molecule has 1 unspecified atom stereocenters. The van der Waals surface area contributed by atoms with Crippen LogP contribution in [-0.2, 0) is 27.8 Å². The fourth-order valence-electron chi connectivity index (χ4n) is 6.11. The monoisotopic (exact) mass is 587 g/mol. The number of nitrogens with zero attached hydrogens (tertiary/aromatic N) is 3. The molecule has 8 nitrogen and oxygen atoms in total. The fourth-order valence-corrected chi connectivity index (χ4v) is 6.42. The maximum Gasteiger partial charge on any atom is 0.406 e. The van der Waals surface area contributed by atoms with E-state index in [-0.39, 0.29) is 34.9 Å². The molecule has 1 saturated heterocycles. The number of halogens is 5. The maximum absolute atomic E-state index is 14.7. The van der Waals surface area contributed by atoms with E-state index in [0.717, 1.165) is 11.6 Å². The van der Waals surface area contributed by atoms with Crippen molar-refractivity contribution in [1.29, 1.82) is 0 Å². The van der Waals surface area contributed by atoms with Crippen molar-refractivity contribution in [3.05, 3.63) is 87.6 Å². The Bertz CT molecular complexity index is 1580. The SMILES string of the molecule is O=C(N[C@H]1C[C@@H](c2c(F)cccc2Cl)CN(CC(F)(F)F)C1=O)c1cnc2c(c1)CC1(C2)C(=O)Nc2ncccc21. The van der Waals surface area contributed by atoms with Gasteiger partial charge in [0.2, 0.25) is 11.8 Å². The highest BCUT2D eigenvalue weighted by Gasteiger charge is 2.52. The van der Waals surface area contributed by atoms with Gasteiger partial charge in [-0.2, -0.15) is 13.2 Å². The zero-order chi connectivity index (χ0) is 29.1. The largest absolute Gasteiger partial charge is 0.406 e. The Morgan fingerprint density at radius 2 is 1.98 bits per heavy atom. The maximum atomic E-state index is 14.7. The number of fused-ring (bicyclic) bond motifs is 3. The minimum absolute atomic E-state index is 0.0119. The summed E-state index contributed by atoms with van der Waals surface area (Å²) in [5.41, 5.74) is 1.19. The molecular formula is C28H22ClF4N5O3. The fraction of sp³-hybridized carbons (Fsp3) is 0.321. The minimum atomic E-state index is -4.70. The van der Waals surface area contributed by atoms with Gasteiger partial charge in [-0.3, -0.25) is 19.4 Å². The number of rotatable bonds is 4. The lowest BCUT2D eigenvalue weighted by Crippen LogP contribution is -2.56. The van der Waals surface area contributed by atoms with Crippen molar-refractivity contribution >= 4 is 35.1 Å². The van der Waals surface area contributed by atoms with Crippen LogP contribution in [0.25, 0.3) is 0 Å². The van der Waals surface area contributed by atoms with E-state index in [1.165, 1.54) is 18.3 Å². The molecule has 6 rings (SSSR count). The van der Waals surface area contributed by atoms with Gasteiger partial charge >= 0.3 is 6.18 Å². The zero-order valence-electron chi connectivity index (χ0n) is 21.3. The van der Waals surface area contributed by atoms with Crippen LogP contribution in [0.5, 0.6) is 0 Å². The molecule has 2 N–H and O–H groups in total. The summed E-state index contributed by atoms with van der Waals surface area (Å²) in [7, 11) is 0. The summed E-state index contributed by atoms with van der Waals surface area (Å²) in [4.78, 5) is 48.4. The average molecular weight is 588 g/mol. The lowest BCUT2D eigenvalue weighted by atomic mass is 9.80. The van der Waals surface area contributed by atoms with Crippen LogP contribution in [0.2, 0.25) is 5.02 Å². The Kier molecular flexibility index (Phi) is 6.48. The first-order chi connectivity index (χ1) is 19.4. The molecular weight excluding hydrogens is 566 g/mol. The Labute approximate surface area is 236 Å². The van der Waals surface area contributed by atoms with Crippen molar-refractivity contribution in [3.8, 4) is 0 Å². The molecule has 41 heavy (non-hydrogen) atoms. The number of nitrogens with one attached hydrogen (secondary N) is 2. The molecule has 2 aromatic heterocycles. The first-order valence-corrected chi connectivity index (χ1v) is 13.2. The molecule has 1 aliphatic carbocycles. The molecule has 0 saturated carbocycles. The van der Waals surface area contributed by atoms with Crippen LogP contribution in [0.15, 0.2) is 48.8 Å². The van der Waals surface area contributed by atoms with E-state index in [2.05, 4.69) is 20.6 Å². The third-order valence-corrected chi connectivity index (χ3v) is 8.26. The lowest BCUT2D eigenvalue weighted by molar-refractivity contribution is -0.165.